The Labute approximate surface area is 129 Å². The van der Waals surface area contributed by atoms with Gasteiger partial charge in [-0.2, -0.15) is 0 Å². The molecule has 3 nitrogen and oxygen atoms in total. The van der Waals surface area contributed by atoms with Gasteiger partial charge in [-0.3, -0.25) is 4.79 Å². The Kier molecular flexibility index (Phi) is 6.72. The number of halogens is 3. The standard InChI is InChI=1S/C14H18ClFN2O.ClH/c1-9(10-4-3-7-17-8-10)18-14(19)11-5-2-6-12(15)13(11)16;/h2,5-6,9-10,17H,3-4,7-8H2,1H3,(H,18,19);1H. The van der Waals surface area contributed by atoms with E-state index in [-0.39, 0.29) is 29.0 Å². The predicted octanol–water partition coefficient (Wildman–Crippen LogP) is 3.02. The molecule has 0 saturated carbocycles. The number of benzene rings is 1. The van der Waals surface area contributed by atoms with Crippen molar-refractivity contribution >= 4 is 29.9 Å². The first-order valence-electron chi connectivity index (χ1n) is 6.55. The maximum atomic E-state index is 13.7. The highest BCUT2D eigenvalue weighted by Gasteiger charge is 2.23. The first-order chi connectivity index (χ1) is 9.09. The normalized spacial score (nSPS) is 19.9. The molecule has 0 aliphatic carbocycles. The number of nitrogens with one attached hydrogen (secondary N) is 2. The van der Waals surface area contributed by atoms with E-state index in [0.29, 0.717) is 5.92 Å². The lowest BCUT2D eigenvalue weighted by Gasteiger charge is -2.29. The van der Waals surface area contributed by atoms with Gasteiger partial charge in [-0.15, -0.1) is 12.4 Å². The third kappa shape index (κ3) is 4.08. The summed E-state index contributed by atoms with van der Waals surface area (Å²) in [5, 5.41) is 6.13. The summed E-state index contributed by atoms with van der Waals surface area (Å²) < 4.78 is 13.7. The number of hydrogen-bond donors (Lipinski definition) is 2. The summed E-state index contributed by atoms with van der Waals surface area (Å²) in [4.78, 5) is 12.0. The summed E-state index contributed by atoms with van der Waals surface area (Å²) in [5.41, 5.74) is 0.00289. The maximum absolute atomic E-state index is 13.7. The van der Waals surface area contributed by atoms with E-state index in [9.17, 15) is 9.18 Å². The summed E-state index contributed by atoms with van der Waals surface area (Å²) in [6.07, 6.45) is 2.18. The molecule has 0 radical (unpaired) electrons. The van der Waals surface area contributed by atoms with Crippen molar-refractivity contribution in [2.45, 2.75) is 25.8 Å². The van der Waals surface area contributed by atoms with E-state index in [1.165, 1.54) is 12.1 Å². The molecule has 1 saturated heterocycles. The Hall–Kier alpha value is -0.840. The molecule has 1 aliphatic heterocycles. The van der Waals surface area contributed by atoms with E-state index in [1.54, 1.807) is 6.07 Å². The second-order valence-corrected chi connectivity index (χ2v) is 5.38. The molecule has 6 heteroatoms. The third-order valence-electron chi connectivity index (χ3n) is 3.60. The molecular formula is C14H19Cl2FN2O. The van der Waals surface area contributed by atoms with E-state index >= 15 is 0 Å². The molecule has 1 amide bonds. The van der Waals surface area contributed by atoms with Gasteiger partial charge in [0.25, 0.3) is 5.91 Å². The smallest absolute Gasteiger partial charge is 0.254 e. The summed E-state index contributed by atoms with van der Waals surface area (Å²) in [7, 11) is 0. The molecule has 2 rings (SSSR count). The predicted molar refractivity (Wildman–Crippen MR) is 81.2 cm³/mol. The molecule has 0 aromatic heterocycles. The van der Waals surface area contributed by atoms with Crippen LogP contribution in [0.3, 0.4) is 0 Å². The second kappa shape index (κ2) is 7.81. The molecule has 112 valence electrons. The maximum Gasteiger partial charge on any atom is 0.254 e. The molecule has 0 bridgehead atoms. The van der Waals surface area contributed by atoms with Crippen molar-refractivity contribution in [3.8, 4) is 0 Å². The summed E-state index contributed by atoms with van der Waals surface area (Å²) >= 11 is 5.68. The van der Waals surface area contributed by atoms with Gasteiger partial charge in [-0.05, 0) is 50.9 Å². The summed E-state index contributed by atoms with van der Waals surface area (Å²) in [5.74, 6) is -0.673. The average Bonchev–Trinajstić information content (AvgIpc) is 2.42. The number of carbonyl (C=O) groups is 1. The first kappa shape index (κ1) is 17.2. The number of rotatable bonds is 3. The molecule has 2 atom stereocenters. The fraction of sp³-hybridized carbons (Fsp3) is 0.500. The molecule has 1 aromatic rings. The van der Waals surface area contributed by atoms with Crippen molar-refractivity contribution in [3.05, 3.63) is 34.6 Å². The van der Waals surface area contributed by atoms with E-state index in [4.69, 9.17) is 11.6 Å². The van der Waals surface area contributed by atoms with Crippen molar-refractivity contribution in [1.82, 2.24) is 10.6 Å². The van der Waals surface area contributed by atoms with Gasteiger partial charge in [-0.25, -0.2) is 4.39 Å². The zero-order valence-corrected chi connectivity index (χ0v) is 12.9. The quantitative estimate of drug-likeness (QED) is 0.898. The van der Waals surface area contributed by atoms with Gasteiger partial charge in [-0.1, -0.05) is 17.7 Å². The SMILES string of the molecule is CC(NC(=O)c1cccc(Cl)c1F)C1CCCNC1.Cl. The lowest BCUT2D eigenvalue weighted by molar-refractivity contribution is 0.0918. The van der Waals surface area contributed by atoms with Crippen LogP contribution in [0.25, 0.3) is 0 Å². The van der Waals surface area contributed by atoms with Gasteiger partial charge < -0.3 is 10.6 Å². The number of hydrogen-bond acceptors (Lipinski definition) is 2. The lowest BCUT2D eigenvalue weighted by Crippen LogP contribution is -2.44. The molecule has 2 N–H and O–H groups in total. The Morgan fingerprint density at radius 2 is 2.30 bits per heavy atom. The molecule has 1 aliphatic rings. The Bertz CT molecular complexity index is 464. The highest BCUT2D eigenvalue weighted by Crippen LogP contribution is 2.19. The molecule has 1 heterocycles. The van der Waals surface area contributed by atoms with Crippen LogP contribution in [0.15, 0.2) is 18.2 Å². The summed E-state index contributed by atoms with van der Waals surface area (Å²) in [6, 6.07) is 4.47. The monoisotopic (exact) mass is 320 g/mol. The zero-order valence-electron chi connectivity index (χ0n) is 11.3. The van der Waals surface area contributed by atoms with E-state index in [2.05, 4.69) is 10.6 Å². The number of piperidine rings is 1. The van der Waals surface area contributed by atoms with Crippen LogP contribution < -0.4 is 10.6 Å². The van der Waals surface area contributed by atoms with Gasteiger partial charge >= 0.3 is 0 Å². The molecular weight excluding hydrogens is 302 g/mol. The average molecular weight is 321 g/mol. The Morgan fingerprint density at radius 3 is 2.95 bits per heavy atom. The fourth-order valence-electron chi connectivity index (χ4n) is 2.39. The van der Waals surface area contributed by atoms with Crippen LogP contribution in [0, 0.1) is 11.7 Å². The van der Waals surface area contributed by atoms with Crippen LogP contribution in [0.1, 0.15) is 30.1 Å². The zero-order chi connectivity index (χ0) is 13.8. The van der Waals surface area contributed by atoms with Gasteiger partial charge in [0.05, 0.1) is 10.6 Å². The van der Waals surface area contributed by atoms with Crippen LogP contribution in [0.5, 0.6) is 0 Å². The van der Waals surface area contributed by atoms with Gasteiger partial charge in [0.2, 0.25) is 0 Å². The lowest BCUT2D eigenvalue weighted by atomic mass is 9.92. The third-order valence-corrected chi connectivity index (χ3v) is 3.89. The Balaban J connectivity index is 0.00000200. The van der Waals surface area contributed by atoms with Crippen molar-refractivity contribution < 1.29 is 9.18 Å². The van der Waals surface area contributed by atoms with Crippen molar-refractivity contribution in [2.24, 2.45) is 5.92 Å². The second-order valence-electron chi connectivity index (χ2n) is 4.97. The van der Waals surface area contributed by atoms with Crippen LogP contribution in [0.4, 0.5) is 4.39 Å². The number of amides is 1. The van der Waals surface area contributed by atoms with E-state index in [0.717, 1.165) is 25.9 Å². The van der Waals surface area contributed by atoms with Crippen LogP contribution in [-0.4, -0.2) is 25.0 Å². The van der Waals surface area contributed by atoms with Crippen molar-refractivity contribution in [2.75, 3.05) is 13.1 Å². The van der Waals surface area contributed by atoms with Crippen LogP contribution in [-0.2, 0) is 0 Å². The highest BCUT2D eigenvalue weighted by atomic mass is 35.5. The summed E-state index contributed by atoms with van der Waals surface area (Å²) in [6.45, 7) is 3.87. The van der Waals surface area contributed by atoms with Crippen LogP contribution in [0.2, 0.25) is 5.02 Å². The minimum absolute atomic E-state index is 0. The molecule has 20 heavy (non-hydrogen) atoms. The highest BCUT2D eigenvalue weighted by molar-refractivity contribution is 6.31. The van der Waals surface area contributed by atoms with Gasteiger partial charge in [0.15, 0.2) is 5.82 Å². The van der Waals surface area contributed by atoms with Gasteiger partial charge in [0, 0.05) is 6.04 Å². The van der Waals surface area contributed by atoms with Crippen LogP contribution >= 0.6 is 24.0 Å². The largest absolute Gasteiger partial charge is 0.349 e. The van der Waals surface area contributed by atoms with Gasteiger partial charge in [0.1, 0.15) is 0 Å². The van der Waals surface area contributed by atoms with E-state index < -0.39 is 11.7 Å². The van der Waals surface area contributed by atoms with Crippen molar-refractivity contribution in [3.63, 3.8) is 0 Å². The molecule has 0 spiro atoms. The Morgan fingerprint density at radius 1 is 1.55 bits per heavy atom. The topological polar surface area (TPSA) is 41.1 Å². The minimum atomic E-state index is -0.657. The minimum Gasteiger partial charge on any atom is -0.349 e. The molecule has 1 fully saturated rings. The van der Waals surface area contributed by atoms with Crippen molar-refractivity contribution in [1.29, 1.82) is 0 Å². The number of carbonyl (C=O) groups excluding carboxylic acids is 1. The fourth-order valence-corrected chi connectivity index (χ4v) is 2.56. The first-order valence-corrected chi connectivity index (χ1v) is 6.93. The molecule has 1 aromatic carbocycles. The van der Waals surface area contributed by atoms with E-state index in [1.807, 2.05) is 6.92 Å². The molecule has 2 unspecified atom stereocenters.